The summed E-state index contributed by atoms with van der Waals surface area (Å²) in [6, 6.07) is 16.3. The fraction of sp³-hybridized carbons (Fsp3) is 0.321. The van der Waals surface area contributed by atoms with E-state index in [2.05, 4.69) is 16.9 Å². The summed E-state index contributed by atoms with van der Waals surface area (Å²) in [5.74, 6) is -0.495. The van der Waals surface area contributed by atoms with Crippen LogP contribution in [0.5, 0.6) is 11.6 Å². The molecule has 190 valence electrons. The molecule has 1 atom stereocenters. The number of unbranched alkanes of at least 4 members (excludes halogenated alkanes) is 1. The zero-order valence-electron chi connectivity index (χ0n) is 20.5. The molecular formula is C28H31F2N3O3. The molecule has 0 saturated heterocycles. The van der Waals surface area contributed by atoms with Crippen LogP contribution < -0.4 is 4.74 Å². The summed E-state index contributed by atoms with van der Waals surface area (Å²) >= 11 is 0. The third kappa shape index (κ3) is 6.38. The molecule has 0 radical (unpaired) electrons. The number of para-hydroxylation sites is 1. The molecule has 0 fully saturated rings. The minimum atomic E-state index is -0.804. The highest BCUT2D eigenvalue weighted by Gasteiger charge is 2.24. The molecular weight excluding hydrogens is 464 g/mol. The van der Waals surface area contributed by atoms with Gasteiger partial charge in [0.15, 0.2) is 11.6 Å². The van der Waals surface area contributed by atoms with Crippen LogP contribution in [0.2, 0.25) is 0 Å². The van der Waals surface area contributed by atoms with Crippen molar-refractivity contribution in [3.63, 3.8) is 0 Å². The van der Waals surface area contributed by atoms with E-state index in [9.17, 15) is 13.9 Å². The summed E-state index contributed by atoms with van der Waals surface area (Å²) < 4.78 is 41.3. The molecule has 36 heavy (non-hydrogen) atoms. The Morgan fingerprint density at radius 3 is 2.58 bits per heavy atom. The number of hydrogen-bond acceptors (Lipinski definition) is 5. The van der Waals surface area contributed by atoms with Gasteiger partial charge in [0.1, 0.15) is 11.6 Å². The molecule has 4 rings (SSSR count). The number of ether oxygens (including phenoxy) is 1. The molecule has 0 aliphatic carbocycles. The second-order valence-electron chi connectivity index (χ2n) is 8.84. The lowest BCUT2D eigenvalue weighted by atomic mass is 10.1. The Morgan fingerprint density at radius 1 is 1.08 bits per heavy atom. The highest BCUT2D eigenvalue weighted by Crippen LogP contribution is 2.33. The van der Waals surface area contributed by atoms with Crippen molar-refractivity contribution >= 4 is 0 Å². The lowest BCUT2D eigenvalue weighted by Gasteiger charge is -2.24. The van der Waals surface area contributed by atoms with Crippen molar-refractivity contribution in [1.82, 2.24) is 14.7 Å². The maximum absolute atomic E-state index is 14.6. The van der Waals surface area contributed by atoms with Crippen molar-refractivity contribution in [3.8, 4) is 17.3 Å². The first kappa shape index (κ1) is 25.6. The predicted octanol–water partition coefficient (Wildman–Crippen LogP) is 6.40. The van der Waals surface area contributed by atoms with Crippen molar-refractivity contribution in [2.45, 2.75) is 52.3 Å². The van der Waals surface area contributed by atoms with Crippen LogP contribution in [-0.4, -0.2) is 32.4 Å². The Bertz CT molecular complexity index is 1240. The monoisotopic (exact) mass is 495 g/mol. The first-order valence-electron chi connectivity index (χ1n) is 12.1. The lowest BCUT2D eigenvalue weighted by Crippen LogP contribution is -2.32. The van der Waals surface area contributed by atoms with Crippen LogP contribution in [0.3, 0.4) is 0 Å². The minimum Gasteiger partial charge on any atom is -0.468 e. The number of aromatic nitrogens is 2. The van der Waals surface area contributed by atoms with Crippen LogP contribution in [0, 0.1) is 18.6 Å². The number of hydrogen-bond donors (Lipinski definition) is 1. The van der Waals surface area contributed by atoms with Crippen molar-refractivity contribution in [3.05, 3.63) is 95.6 Å². The van der Waals surface area contributed by atoms with Crippen molar-refractivity contribution in [1.29, 1.82) is 0 Å². The van der Waals surface area contributed by atoms with E-state index in [4.69, 9.17) is 9.15 Å². The molecule has 0 bridgehead atoms. The van der Waals surface area contributed by atoms with E-state index in [1.807, 2.05) is 49.4 Å². The highest BCUT2D eigenvalue weighted by atomic mass is 19.1. The molecule has 6 nitrogen and oxygen atoms in total. The summed E-state index contributed by atoms with van der Waals surface area (Å²) in [7, 11) is 0. The fourth-order valence-corrected chi connectivity index (χ4v) is 4.09. The molecule has 8 heteroatoms. The van der Waals surface area contributed by atoms with E-state index >= 15 is 0 Å². The Balaban J connectivity index is 1.71. The van der Waals surface area contributed by atoms with Gasteiger partial charge in [-0.2, -0.15) is 5.10 Å². The Morgan fingerprint density at radius 2 is 1.89 bits per heavy atom. The second kappa shape index (κ2) is 12.0. The van der Waals surface area contributed by atoms with Crippen LogP contribution in [0.4, 0.5) is 8.78 Å². The molecule has 2 aromatic carbocycles. The highest BCUT2D eigenvalue weighted by molar-refractivity contribution is 5.43. The number of aliphatic hydroxyl groups excluding tert-OH is 1. The van der Waals surface area contributed by atoms with Gasteiger partial charge in [-0.25, -0.2) is 13.5 Å². The van der Waals surface area contributed by atoms with Crippen LogP contribution in [0.25, 0.3) is 5.69 Å². The van der Waals surface area contributed by atoms with Crippen molar-refractivity contribution < 1.29 is 23.0 Å². The lowest BCUT2D eigenvalue weighted by molar-refractivity contribution is 0.0915. The number of aryl methyl sites for hydroxylation is 1. The van der Waals surface area contributed by atoms with Gasteiger partial charge in [0.2, 0.25) is 5.88 Å². The van der Waals surface area contributed by atoms with Gasteiger partial charge in [0.25, 0.3) is 0 Å². The van der Waals surface area contributed by atoms with Crippen LogP contribution in [-0.2, 0) is 13.1 Å². The molecule has 0 spiro atoms. The molecule has 0 aliphatic rings. The van der Waals surface area contributed by atoms with Gasteiger partial charge in [-0.3, -0.25) is 4.90 Å². The Labute approximate surface area is 209 Å². The number of halogens is 2. The van der Waals surface area contributed by atoms with E-state index < -0.39 is 17.7 Å². The zero-order valence-corrected chi connectivity index (χ0v) is 20.5. The number of nitrogens with zero attached hydrogens (tertiary/aromatic N) is 3. The van der Waals surface area contributed by atoms with Crippen molar-refractivity contribution in [2.75, 3.05) is 6.54 Å². The number of aliphatic hydroxyl groups is 1. The summed E-state index contributed by atoms with van der Waals surface area (Å²) in [6.07, 6.45) is 3.73. The summed E-state index contributed by atoms with van der Waals surface area (Å²) in [5.41, 5.74) is 2.17. The van der Waals surface area contributed by atoms with E-state index in [0.29, 0.717) is 37.6 Å². The van der Waals surface area contributed by atoms with Gasteiger partial charge >= 0.3 is 0 Å². The largest absolute Gasteiger partial charge is 0.468 e. The third-order valence-electron chi connectivity index (χ3n) is 5.94. The standard InChI is InChI=1S/C28H31F2N3O3/c1-3-4-11-23(34)17-32(18-24-12-8-15-35-24)19-25-20(2)31-33(22-9-6-5-7-10-22)28(25)36-27-14-13-21(29)16-26(27)30/h5-10,12-16,23,34H,3-4,11,17-19H2,1-2H3/t23-/m0/s1. The molecule has 0 unspecified atom stereocenters. The number of rotatable bonds is 12. The van der Waals surface area contributed by atoms with Gasteiger partial charge in [-0.1, -0.05) is 38.0 Å². The molecule has 2 aromatic heterocycles. The van der Waals surface area contributed by atoms with E-state index in [0.717, 1.165) is 42.0 Å². The molecule has 4 aromatic rings. The van der Waals surface area contributed by atoms with Gasteiger partial charge < -0.3 is 14.3 Å². The van der Waals surface area contributed by atoms with Crippen LogP contribution >= 0.6 is 0 Å². The van der Waals surface area contributed by atoms with Gasteiger partial charge in [0.05, 0.1) is 35.9 Å². The van der Waals surface area contributed by atoms with Crippen LogP contribution in [0.15, 0.2) is 71.3 Å². The average Bonchev–Trinajstić information content (AvgIpc) is 3.48. The quantitative estimate of drug-likeness (QED) is 0.246. The predicted molar refractivity (Wildman–Crippen MR) is 133 cm³/mol. The molecule has 2 heterocycles. The van der Waals surface area contributed by atoms with Crippen molar-refractivity contribution in [2.24, 2.45) is 0 Å². The van der Waals surface area contributed by atoms with Crippen LogP contribution in [0.1, 0.15) is 43.2 Å². The topological polar surface area (TPSA) is 63.7 Å². The average molecular weight is 496 g/mol. The first-order valence-corrected chi connectivity index (χ1v) is 12.1. The maximum atomic E-state index is 14.6. The van der Waals surface area contributed by atoms with E-state index in [-0.39, 0.29) is 5.75 Å². The number of benzene rings is 2. The van der Waals surface area contributed by atoms with Gasteiger partial charge in [-0.15, -0.1) is 0 Å². The Kier molecular flexibility index (Phi) is 8.51. The third-order valence-corrected chi connectivity index (χ3v) is 5.94. The fourth-order valence-electron chi connectivity index (χ4n) is 4.09. The summed E-state index contributed by atoms with van der Waals surface area (Å²) in [5, 5.41) is 15.4. The smallest absolute Gasteiger partial charge is 0.227 e. The summed E-state index contributed by atoms with van der Waals surface area (Å²) in [6.45, 7) is 5.21. The Hall–Kier alpha value is -3.49. The van der Waals surface area contributed by atoms with E-state index in [1.165, 1.54) is 6.07 Å². The molecule has 1 N–H and O–H groups in total. The molecule has 0 saturated carbocycles. The maximum Gasteiger partial charge on any atom is 0.227 e. The minimum absolute atomic E-state index is 0.102. The summed E-state index contributed by atoms with van der Waals surface area (Å²) in [4.78, 5) is 2.06. The first-order chi connectivity index (χ1) is 17.4. The normalized spacial score (nSPS) is 12.3. The van der Waals surface area contributed by atoms with Gasteiger partial charge in [0, 0.05) is 19.2 Å². The molecule has 0 amide bonds. The molecule has 0 aliphatic heterocycles. The van der Waals surface area contributed by atoms with E-state index in [1.54, 1.807) is 10.9 Å². The second-order valence-corrected chi connectivity index (χ2v) is 8.84. The SMILES string of the molecule is CCCC[C@H](O)CN(Cc1ccco1)Cc1c(C)nn(-c2ccccc2)c1Oc1ccc(F)cc1F. The number of furan rings is 1. The zero-order chi connectivity index (χ0) is 25.5. The van der Waals surface area contributed by atoms with Gasteiger partial charge in [-0.05, 0) is 49.7 Å².